The molecule has 0 aliphatic rings. The summed E-state index contributed by atoms with van der Waals surface area (Å²) in [6.45, 7) is 4.61. The highest BCUT2D eigenvalue weighted by atomic mass is 16.6. The van der Waals surface area contributed by atoms with Gasteiger partial charge in [0.05, 0.1) is 25.2 Å². The van der Waals surface area contributed by atoms with Crippen molar-refractivity contribution in [1.29, 1.82) is 0 Å². The highest BCUT2D eigenvalue weighted by Crippen LogP contribution is 2.31. The molecule has 0 atom stereocenters. The second-order valence-electron chi connectivity index (χ2n) is 5.00. The molecule has 0 aliphatic carbocycles. The van der Waals surface area contributed by atoms with E-state index in [1.807, 2.05) is 13.8 Å². The van der Waals surface area contributed by atoms with Gasteiger partial charge < -0.3 is 14.2 Å². The molecule has 0 aliphatic heterocycles. The first-order chi connectivity index (χ1) is 12.0. The lowest BCUT2D eigenvalue weighted by Crippen LogP contribution is -2.05. The summed E-state index contributed by atoms with van der Waals surface area (Å²) >= 11 is 0. The van der Waals surface area contributed by atoms with Gasteiger partial charge in [0.25, 0.3) is 0 Å². The van der Waals surface area contributed by atoms with E-state index in [0.29, 0.717) is 30.3 Å². The van der Waals surface area contributed by atoms with Crippen LogP contribution in [-0.4, -0.2) is 31.0 Å². The molecular weight excluding hydrogens is 326 g/mol. The fourth-order valence-corrected chi connectivity index (χ4v) is 2.33. The van der Waals surface area contributed by atoms with Crippen LogP contribution < -0.4 is 14.2 Å². The number of benzene rings is 2. The fourth-order valence-electron chi connectivity index (χ4n) is 2.33. The molecular formula is C18H19NO6. The van der Waals surface area contributed by atoms with Gasteiger partial charge in [0, 0.05) is 17.2 Å². The Morgan fingerprint density at radius 2 is 1.52 bits per heavy atom. The normalized spacial score (nSPS) is 10.2. The molecule has 2 aromatic carbocycles. The summed E-state index contributed by atoms with van der Waals surface area (Å²) in [6.07, 6.45) is 0. The lowest BCUT2D eigenvalue weighted by molar-refractivity contribution is -0.385. The van der Waals surface area contributed by atoms with Crippen molar-refractivity contribution < 1.29 is 23.9 Å². The molecule has 2 aromatic rings. The monoisotopic (exact) mass is 345 g/mol. The van der Waals surface area contributed by atoms with Gasteiger partial charge in [-0.15, -0.1) is 0 Å². The summed E-state index contributed by atoms with van der Waals surface area (Å²) in [7, 11) is 1.32. The Hall–Kier alpha value is -3.09. The second-order valence-corrected chi connectivity index (χ2v) is 5.00. The van der Waals surface area contributed by atoms with Crippen LogP contribution in [0.1, 0.15) is 29.8 Å². The third-order valence-electron chi connectivity index (χ3n) is 3.44. The Labute approximate surface area is 145 Å². The number of ketones is 1. The van der Waals surface area contributed by atoms with Crippen molar-refractivity contribution in [3.05, 3.63) is 57.6 Å². The predicted octanol–water partition coefficient (Wildman–Crippen LogP) is 3.63. The van der Waals surface area contributed by atoms with E-state index in [1.54, 1.807) is 18.2 Å². The highest BCUT2D eigenvalue weighted by molar-refractivity contribution is 6.09. The molecule has 25 heavy (non-hydrogen) atoms. The van der Waals surface area contributed by atoms with Crippen LogP contribution in [0.3, 0.4) is 0 Å². The van der Waals surface area contributed by atoms with Crippen LogP contribution in [0.15, 0.2) is 36.4 Å². The van der Waals surface area contributed by atoms with Crippen molar-refractivity contribution in [2.75, 3.05) is 20.3 Å². The summed E-state index contributed by atoms with van der Waals surface area (Å²) in [6, 6.07) is 8.92. The van der Waals surface area contributed by atoms with Crippen LogP contribution in [0.25, 0.3) is 0 Å². The average molecular weight is 345 g/mol. The number of carbonyl (C=O) groups is 1. The van der Waals surface area contributed by atoms with E-state index in [4.69, 9.17) is 14.2 Å². The van der Waals surface area contributed by atoms with Crippen LogP contribution in [0.5, 0.6) is 17.2 Å². The van der Waals surface area contributed by atoms with Gasteiger partial charge in [0.1, 0.15) is 0 Å². The van der Waals surface area contributed by atoms with Gasteiger partial charge in [-0.25, -0.2) is 0 Å². The minimum Gasteiger partial charge on any atom is -0.490 e. The average Bonchev–Trinajstić information content (AvgIpc) is 2.62. The van der Waals surface area contributed by atoms with Gasteiger partial charge >= 0.3 is 5.69 Å². The number of hydrogen-bond donors (Lipinski definition) is 0. The molecule has 0 saturated carbocycles. The summed E-state index contributed by atoms with van der Waals surface area (Å²) in [5, 5.41) is 11.0. The first kappa shape index (κ1) is 18.3. The maximum atomic E-state index is 12.7. The minimum atomic E-state index is -0.558. The quantitative estimate of drug-likeness (QED) is 0.412. The van der Waals surface area contributed by atoms with Gasteiger partial charge in [-0.05, 0) is 44.2 Å². The molecule has 0 heterocycles. The molecule has 2 rings (SSSR count). The van der Waals surface area contributed by atoms with Crippen molar-refractivity contribution in [3.8, 4) is 17.2 Å². The number of ether oxygens (including phenoxy) is 3. The predicted molar refractivity (Wildman–Crippen MR) is 91.9 cm³/mol. The Bertz CT molecular complexity index is 787. The number of rotatable bonds is 8. The third-order valence-corrected chi connectivity index (χ3v) is 3.44. The molecule has 7 nitrogen and oxygen atoms in total. The SMILES string of the molecule is CCOc1ccc(C(=O)c2ccc([N+](=O)[O-])c(OC)c2)cc1OCC. The van der Waals surface area contributed by atoms with Gasteiger partial charge in [0.2, 0.25) is 0 Å². The minimum absolute atomic E-state index is 0.0341. The van der Waals surface area contributed by atoms with E-state index in [1.165, 1.54) is 25.3 Å². The highest BCUT2D eigenvalue weighted by Gasteiger charge is 2.19. The molecule has 0 unspecified atom stereocenters. The number of nitro benzene ring substituents is 1. The van der Waals surface area contributed by atoms with Crippen molar-refractivity contribution in [3.63, 3.8) is 0 Å². The van der Waals surface area contributed by atoms with E-state index in [0.717, 1.165) is 0 Å². The Balaban J connectivity index is 2.40. The van der Waals surface area contributed by atoms with Crippen LogP contribution in [0, 0.1) is 10.1 Å². The Kier molecular flexibility index (Phi) is 5.94. The van der Waals surface area contributed by atoms with Crippen LogP contribution in [0.4, 0.5) is 5.69 Å². The molecule has 0 N–H and O–H groups in total. The molecule has 0 radical (unpaired) electrons. The smallest absolute Gasteiger partial charge is 0.310 e. The number of hydrogen-bond acceptors (Lipinski definition) is 6. The molecule has 0 bridgehead atoms. The van der Waals surface area contributed by atoms with Crippen molar-refractivity contribution >= 4 is 11.5 Å². The summed E-state index contributed by atoms with van der Waals surface area (Å²) < 4.78 is 16.0. The second kappa shape index (κ2) is 8.14. The zero-order valence-electron chi connectivity index (χ0n) is 14.3. The topological polar surface area (TPSA) is 87.9 Å². The molecule has 0 aromatic heterocycles. The van der Waals surface area contributed by atoms with Gasteiger partial charge in [0.15, 0.2) is 23.0 Å². The summed E-state index contributed by atoms with van der Waals surface area (Å²) in [5.74, 6) is 0.773. The maximum absolute atomic E-state index is 12.7. The maximum Gasteiger partial charge on any atom is 0.310 e. The molecule has 0 spiro atoms. The van der Waals surface area contributed by atoms with Gasteiger partial charge in [-0.3, -0.25) is 14.9 Å². The van der Waals surface area contributed by atoms with Crippen molar-refractivity contribution in [2.24, 2.45) is 0 Å². The van der Waals surface area contributed by atoms with Crippen LogP contribution in [-0.2, 0) is 0 Å². The number of carbonyl (C=O) groups excluding carboxylic acids is 1. The van der Waals surface area contributed by atoms with E-state index >= 15 is 0 Å². The molecule has 0 fully saturated rings. The molecule has 0 saturated heterocycles. The first-order valence-electron chi connectivity index (χ1n) is 7.78. The summed E-state index contributed by atoms with van der Waals surface area (Å²) in [4.78, 5) is 23.1. The largest absolute Gasteiger partial charge is 0.490 e. The zero-order valence-corrected chi connectivity index (χ0v) is 14.3. The fraction of sp³-hybridized carbons (Fsp3) is 0.278. The first-order valence-corrected chi connectivity index (χ1v) is 7.78. The van der Waals surface area contributed by atoms with Gasteiger partial charge in [-0.1, -0.05) is 0 Å². The van der Waals surface area contributed by atoms with Gasteiger partial charge in [-0.2, -0.15) is 0 Å². The number of nitro groups is 1. The Morgan fingerprint density at radius 3 is 2.08 bits per heavy atom. The number of nitrogens with zero attached hydrogens (tertiary/aromatic N) is 1. The standard InChI is InChI=1S/C18H19NO6/c1-4-24-15-9-7-13(11-17(15)25-5-2)18(20)12-6-8-14(19(21)22)16(10-12)23-3/h6-11H,4-5H2,1-3H3. The molecule has 0 amide bonds. The van der Waals surface area contributed by atoms with Crippen molar-refractivity contribution in [1.82, 2.24) is 0 Å². The van der Waals surface area contributed by atoms with E-state index < -0.39 is 4.92 Å². The lowest BCUT2D eigenvalue weighted by Gasteiger charge is -2.12. The van der Waals surface area contributed by atoms with E-state index in [-0.39, 0.29) is 22.8 Å². The lowest BCUT2D eigenvalue weighted by atomic mass is 10.0. The van der Waals surface area contributed by atoms with Crippen molar-refractivity contribution in [2.45, 2.75) is 13.8 Å². The summed E-state index contributed by atoms with van der Waals surface area (Å²) in [5.41, 5.74) is 0.484. The van der Waals surface area contributed by atoms with E-state index in [2.05, 4.69) is 0 Å². The zero-order chi connectivity index (χ0) is 18.4. The molecule has 7 heteroatoms. The molecule has 132 valence electrons. The van der Waals surface area contributed by atoms with Crippen LogP contribution >= 0.6 is 0 Å². The third kappa shape index (κ3) is 4.06. The van der Waals surface area contributed by atoms with Crippen LogP contribution in [0.2, 0.25) is 0 Å². The number of methoxy groups -OCH3 is 1. The van der Waals surface area contributed by atoms with E-state index in [9.17, 15) is 14.9 Å². The Morgan fingerprint density at radius 1 is 0.960 bits per heavy atom.